The Bertz CT molecular complexity index is 692. The number of hydrogen-bond acceptors (Lipinski definition) is 8. The van der Waals surface area contributed by atoms with Crippen molar-refractivity contribution in [2.75, 3.05) is 5.73 Å². The van der Waals surface area contributed by atoms with Crippen LogP contribution >= 0.6 is 0 Å². The van der Waals surface area contributed by atoms with Gasteiger partial charge < -0.3 is 11.5 Å². The zero-order valence-corrected chi connectivity index (χ0v) is 10.0. The van der Waals surface area contributed by atoms with Gasteiger partial charge in [0, 0.05) is 6.07 Å². The van der Waals surface area contributed by atoms with Gasteiger partial charge in [0.1, 0.15) is 0 Å². The SMILES string of the molecule is N/C(=N/N=C\c1ccccc1[N+](=O)[O-])c1nonc1N. The van der Waals surface area contributed by atoms with Gasteiger partial charge in [0.25, 0.3) is 5.69 Å². The van der Waals surface area contributed by atoms with E-state index in [9.17, 15) is 10.1 Å². The van der Waals surface area contributed by atoms with Crippen LogP contribution in [0.2, 0.25) is 0 Å². The number of rotatable bonds is 4. The van der Waals surface area contributed by atoms with Crippen molar-refractivity contribution >= 4 is 23.6 Å². The number of para-hydroxylation sites is 1. The molecule has 0 bridgehead atoms. The summed E-state index contributed by atoms with van der Waals surface area (Å²) in [4.78, 5) is 10.3. The van der Waals surface area contributed by atoms with E-state index in [4.69, 9.17) is 11.5 Å². The van der Waals surface area contributed by atoms with Gasteiger partial charge in [-0.1, -0.05) is 12.1 Å². The summed E-state index contributed by atoms with van der Waals surface area (Å²) in [5, 5.41) is 24.8. The van der Waals surface area contributed by atoms with Gasteiger partial charge in [-0.3, -0.25) is 10.1 Å². The van der Waals surface area contributed by atoms with E-state index >= 15 is 0 Å². The number of amidine groups is 1. The van der Waals surface area contributed by atoms with Crippen molar-refractivity contribution < 1.29 is 9.55 Å². The van der Waals surface area contributed by atoms with Crippen LogP contribution in [0.4, 0.5) is 11.5 Å². The average molecular weight is 275 g/mol. The van der Waals surface area contributed by atoms with E-state index in [-0.39, 0.29) is 23.0 Å². The molecule has 0 unspecified atom stereocenters. The predicted octanol–water partition coefficient (Wildman–Crippen LogP) is 0.299. The van der Waals surface area contributed by atoms with Crippen molar-refractivity contribution in [3.05, 3.63) is 45.6 Å². The molecule has 0 atom stereocenters. The molecule has 10 heteroatoms. The molecule has 1 aromatic heterocycles. The molecule has 0 radical (unpaired) electrons. The van der Waals surface area contributed by atoms with Crippen molar-refractivity contribution in [3.63, 3.8) is 0 Å². The molecule has 0 aliphatic rings. The van der Waals surface area contributed by atoms with Crippen LogP contribution in [0, 0.1) is 10.1 Å². The maximum atomic E-state index is 10.8. The highest BCUT2D eigenvalue weighted by molar-refractivity contribution is 5.99. The lowest BCUT2D eigenvalue weighted by molar-refractivity contribution is -0.385. The van der Waals surface area contributed by atoms with E-state index in [1.165, 1.54) is 18.3 Å². The topological polar surface area (TPSA) is 159 Å². The summed E-state index contributed by atoms with van der Waals surface area (Å²) in [6.45, 7) is 0. The molecule has 102 valence electrons. The lowest BCUT2D eigenvalue weighted by Crippen LogP contribution is -2.15. The van der Waals surface area contributed by atoms with Gasteiger partial charge in [-0.05, 0) is 16.4 Å². The maximum Gasteiger partial charge on any atom is 0.278 e. The average Bonchev–Trinajstić information content (AvgIpc) is 2.85. The van der Waals surface area contributed by atoms with E-state index in [2.05, 4.69) is 25.1 Å². The van der Waals surface area contributed by atoms with Gasteiger partial charge in [-0.25, -0.2) is 4.63 Å². The molecule has 0 spiro atoms. The number of nitrogens with zero attached hydrogens (tertiary/aromatic N) is 5. The van der Waals surface area contributed by atoms with Crippen LogP contribution in [0.15, 0.2) is 39.1 Å². The first-order valence-corrected chi connectivity index (χ1v) is 5.28. The van der Waals surface area contributed by atoms with Crippen molar-refractivity contribution in [2.45, 2.75) is 0 Å². The number of nitrogen functional groups attached to an aromatic ring is 1. The second-order valence-electron chi connectivity index (χ2n) is 3.54. The molecule has 0 aliphatic carbocycles. The van der Waals surface area contributed by atoms with Crippen molar-refractivity contribution in [3.8, 4) is 0 Å². The van der Waals surface area contributed by atoms with Crippen molar-refractivity contribution in [2.24, 2.45) is 15.9 Å². The third kappa shape index (κ3) is 2.75. The van der Waals surface area contributed by atoms with Crippen LogP contribution in [-0.2, 0) is 0 Å². The van der Waals surface area contributed by atoms with E-state index in [1.807, 2.05) is 0 Å². The Morgan fingerprint density at radius 3 is 2.80 bits per heavy atom. The minimum Gasteiger partial charge on any atom is -0.380 e. The normalized spacial score (nSPS) is 11.9. The number of hydrogen-bond donors (Lipinski definition) is 2. The summed E-state index contributed by atoms with van der Waals surface area (Å²) in [5.41, 5.74) is 11.2. The summed E-state index contributed by atoms with van der Waals surface area (Å²) < 4.78 is 4.35. The molecule has 2 rings (SSSR count). The highest BCUT2D eigenvalue weighted by Gasteiger charge is 2.11. The number of nitro groups is 1. The highest BCUT2D eigenvalue weighted by atomic mass is 16.6. The summed E-state index contributed by atoms with van der Waals surface area (Å²) in [6.07, 6.45) is 1.20. The Morgan fingerprint density at radius 1 is 1.40 bits per heavy atom. The monoisotopic (exact) mass is 275 g/mol. The van der Waals surface area contributed by atoms with Crippen LogP contribution in [-0.4, -0.2) is 27.3 Å². The van der Waals surface area contributed by atoms with Crippen LogP contribution in [0.25, 0.3) is 0 Å². The van der Waals surface area contributed by atoms with E-state index in [0.29, 0.717) is 5.56 Å². The first-order chi connectivity index (χ1) is 9.59. The summed E-state index contributed by atoms with van der Waals surface area (Å²) in [5.74, 6) is -0.134. The first-order valence-electron chi connectivity index (χ1n) is 5.28. The summed E-state index contributed by atoms with van der Waals surface area (Å²) in [6, 6.07) is 6.07. The number of nitro benzene ring substituents is 1. The van der Waals surface area contributed by atoms with E-state index in [1.54, 1.807) is 12.1 Å². The fraction of sp³-hybridized carbons (Fsp3) is 0. The van der Waals surface area contributed by atoms with Gasteiger partial charge in [0.15, 0.2) is 17.3 Å². The number of anilines is 1. The Kier molecular flexibility index (Phi) is 3.65. The van der Waals surface area contributed by atoms with Gasteiger partial charge in [-0.15, -0.1) is 5.10 Å². The molecular weight excluding hydrogens is 266 g/mol. The number of benzene rings is 1. The molecule has 0 saturated heterocycles. The number of nitrogens with two attached hydrogens (primary N) is 2. The van der Waals surface area contributed by atoms with Crippen LogP contribution in [0.1, 0.15) is 11.3 Å². The Balaban J connectivity index is 2.23. The smallest absolute Gasteiger partial charge is 0.278 e. The quantitative estimate of drug-likeness (QED) is 0.351. The van der Waals surface area contributed by atoms with Gasteiger partial charge in [-0.2, -0.15) is 5.10 Å². The summed E-state index contributed by atoms with van der Waals surface area (Å²) in [7, 11) is 0. The third-order valence-corrected chi connectivity index (χ3v) is 2.25. The van der Waals surface area contributed by atoms with Gasteiger partial charge >= 0.3 is 0 Å². The zero-order valence-electron chi connectivity index (χ0n) is 10.0. The molecule has 10 nitrogen and oxygen atoms in total. The summed E-state index contributed by atoms with van der Waals surface area (Å²) >= 11 is 0. The minimum absolute atomic E-state index is 0.0212. The molecule has 20 heavy (non-hydrogen) atoms. The Labute approximate surface area is 111 Å². The maximum absolute atomic E-state index is 10.8. The Morgan fingerprint density at radius 2 is 2.15 bits per heavy atom. The predicted molar refractivity (Wildman–Crippen MR) is 70.1 cm³/mol. The fourth-order valence-corrected chi connectivity index (χ4v) is 1.34. The minimum atomic E-state index is -0.520. The van der Waals surface area contributed by atoms with Gasteiger partial charge in [0.2, 0.25) is 0 Å². The molecule has 0 fully saturated rings. The fourth-order valence-electron chi connectivity index (χ4n) is 1.34. The van der Waals surface area contributed by atoms with Crippen LogP contribution in [0.5, 0.6) is 0 Å². The second-order valence-corrected chi connectivity index (χ2v) is 3.54. The molecule has 1 aromatic carbocycles. The lowest BCUT2D eigenvalue weighted by Gasteiger charge is -1.95. The van der Waals surface area contributed by atoms with E-state index < -0.39 is 4.92 Å². The van der Waals surface area contributed by atoms with Gasteiger partial charge in [0.05, 0.1) is 16.7 Å². The molecular formula is C10H9N7O3. The Hall–Kier alpha value is -3.30. The molecule has 4 N–H and O–H groups in total. The van der Waals surface area contributed by atoms with Crippen LogP contribution in [0.3, 0.4) is 0 Å². The van der Waals surface area contributed by atoms with Crippen molar-refractivity contribution in [1.29, 1.82) is 0 Å². The highest BCUT2D eigenvalue weighted by Crippen LogP contribution is 2.15. The largest absolute Gasteiger partial charge is 0.380 e. The van der Waals surface area contributed by atoms with E-state index in [0.717, 1.165) is 0 Å². The molecule has 2 aromatic rings. The lowest BCUT2D eigenvalue weighted by atomic mass is 10.2. The van der Waals surface area contributed by atoms with Crippen molar-refractivity contribution in [1.82, 2.24) is 10.3 Å². The molecule has 1 heterocycles. The molecule has 0 aliphatic heterocycles. The standard InChI is InChI=1S/C10H9N7O3/c11-9(8-10(12)16-20-15-8)14-13-5-6-3-1-2-4-7(6)17(18)19/h1-5H,(H2,11,14)(H2,12,16)/b13-5-. The zero-order chi connectivity index (χ0) is 14.5. The van der Waals surface area contributed by atoms with Crippen LogP contribution < -0.4 is 11.5 Å². The molecule has 0 amide bonds. The first kappa shape index (κ1) is 13.1. The molecule has 0 saturated carbocycles. The second kappa shape index (κ2) is 5.56. The number of aromatic nitrogens is 2. The third-order valence-electron chi connectivity index (χ3n) is 2.25.